The van der Waals surface area contributed by atoms with Crippen LogP contribution in [0.2, 0.25) is 5.28 Å². The zero-order valence-electron chi connectivity index (χ0n) is 8.65. The standard InChI is InChI=1S/C8H12ClN3O2S/c1-8(2,3)15(13,14)12-6-4-5-10-7(9)11-6/h4-5H,1-3H3,(H,10,11,12). The van der Waals surface area contributed by atoms with Crippen molar-refractivity contribution in [1.82, 2.24) is 9.97 Å². The Morgan fingerprint density at radius 3 is 2.47 bits per heavy atom. The highest BCUT2D eigenvalue weighted by Gasteiger charge is 2.29. The number of sulfonamides is 1. The Hall–Kier alpha value is -0.880. The average Bonchev–Trinajstić information content (AvgIpc) is 2.00. The Bertz CT molecular complexity index is 453. The fourth-order valence-corrected chi connectivity index (χ4v) is 1.53. The second-order valence-electron chi connectivity index (χ2n) is 3.93. The van der Waals surface area contributed by atoms with Crippen LogP contribution in [0.1, 0.15) is 20.8 Å². The van der Waals surface area contributed by atoms with Crippen molar-refractivity contribution in [2.75, 3.05) is 4.72 Å². The molecular formula is C8H12ClN3O2S. The molecule has 15 heavy (non-hydrogen) atoms. The molecule has 0 aromatic carbocycles. The summed E-state index contributed by atoms with van der Waals surface area (Å²) in [6.45, 7) is 4.79. The van der Waals surface area contributed by atoms with Crippen molar-refractivity contribution in [2.24, 2.45) is 0 Å². The molecule has 0 unspecified atom stereocenters. The summed E-state index contributed by atoms with van der Waals surface area (Å²) in [4.78, 5) is 7.39. The Morgan fingerprint density at radius 2 is 2.00 bits per heavy atom. The van der Waals surface area contributed by atoms with E-state index in [0.717, 1.165) is 0 Å². The summed E-state index contributed by atoms with van der Waals surface area (Å²) in [6, 6.07) is 1.44. The lowest BCUT2D eigenvalue weighted by Gasteiger charge is -2.19. The summed E-state index contributed by atoms with van der Waals surface area (Å²) in [6.07, 6.45) is 1.38. The van der Waals surface area contributed by atoms with Gasteiger partial charge in [-0.1, -0.05) is 0 Å². The van der Waals surface area contributed by atoms with Gasteiger partial charge >= 0.3 is 0 Å². The lowest BCUT2D eigenvalue weighted by molar-refractivity contribution is 0.566. The van der Waals surface area contributed by atoms with E-state index in [1.54, 1.807) is 20.8 Å². The van der Waals surface area contributed by atoms with Gasteiger partial charge in [-0.2, -0.15) is 4.98 Å². The van der Waals surface area contributed by atoms with Crippen LogP contribution >= 0.6 is 11.6 Å². The molecule has 0 fully saturated rings. The lowest BCUT2D eigenvalue weighted by Crippen LogP contribution is -2.33. The molecule has 1 aromatic rings. The number of hydrogen-bond acceptors (Lipinski definition) is 4. The third-order valence-corrected chi connectivity index (χ3v) is 3.94. The third-order valence-electron chi connectivity index (χ3n) is 1.67. The second-order valence-corrected chi connectivity index (χ2v) is 6.70. The molecule has 0 bridgehead atoms. The van der Waals surface area contributed by atoms with Crippen LogP contribution in [0.15, 0.2) is 12.3 Å². The summed E-state index contributed by atoms with van der Waals surface area (Å²) in [7, 11) is -3.47. The van der Waals surface area contributed by atoms with Crippen molar-refractivity contribution in [1.29, 1.82) is 0 Å². The quantitative estimate of drug-likeness (QED) is 0.810. The van der Waals surface area contributed by atoms with Gasteiger partial charge in [0.1, 0.15) is 5.82 Å². The molecule has 1 heterocycles. The number of halogens is 1. The zero-order valence-corrected chi connectivity index (χ0v) is 10.2. The molecule has 1 N–H and O–H groups in total. The van der Waals surface area contributed by atoms with Gasteiger partial charge in [0, 0.05) is 6.20 Å². The third kappa shape index (κ3) is 3.04. The minimum Gasteiger partial charge on any atom is -0.267 e. The molecule has 0 radical (unpaired) electrons. The molecule has 0 aliphatic heterocycles. The molecule has 0 aliphatic carbocycles. The Balaban J connectivity index is 2.98. The SMILES string of the molecule is CC(C)(C)S(=O)(=O)Nc1ccnc(Cl)n1. The van der Waals surface area contributed by atoms with Crippen LogP contribution in [0, 0.1) is 0 Å². The number of nitrogens with zero attached hydrogens (tertiary/aromatic N) is 2. The highest BCUT2D eigenvalue weighted by molar-refractivity contribution is 7.94. The predicted octanol–water partition coefficient (Wildman–Crippen LogP) is 1.67. The van der Waals surface area contributed by atoms with Gasteiger partial charge in [0.2, 0.25) is 15.3 Å². The fourth-order valence-electron chi connectivity index (χ4n) is 0.683. The van der Waals surface area contributed by atoms with E-state index in [-0.39, 0.29) is 11.1 Å². The van der Waals surface area contributed by atoms with Crippen molar-refractivity contribution in [3.8, 4) is 0 Å². The summed E-state index contributed by atoms with van der Waals surface area (Å²) >= 11 is 5.53. The maximum atomic E-state index is 11.7. The molecular weight excluding hydrogens is 238 g/mol. The van der Waals surface area contributed by atoms with Crippen LogP contribution in [-0.4, -0.2) is 23.1 Å². The van der Waals surface area contributed by atoms with E-state index in [1.165, 1.54) is 12.3 Å². The molecule has 0 atom stereocenters. The van der Waals surface area contributed by atoms with Gasteiger partial charge in [-0.25, -0.2) is 13.4 Å². The van der Waals surface area contributed by atoms with Crippen molar-refractivity contribution in [3.05, 3.63) is 17.5 Å². The molecule has 5 nitrogen and oxygen atoms in total. The molecule has 7 heteroatoms. The topological polar surface area (TPSA) is 72.0 Å². The van der Waals surface area contributed by atoms with Crippen LogP contribution in [0.25, 0.3) is 0 Å². The van der Waals surface area contributed by atoms with Gasteiger partial charge in [0.15, 0.2) is 0 Å². The first-order chi connectivity index (χ1) is 6.72. The summed E-state index contributed by atoms with van der Waals surface area (Å²) in [5, 5.41) is 0.00380. The Labute approximate surface area is 93.9 Å². The van der Waals surface area contributed by atoms with E-state index in [4.69, 9.17) is 11.6 Å². The van der Waals surface area contributed by atoms with Crippen molar-refractivity contribution >= 4 is 27.4 Å². The van der Waals surface area contributed by atoms with Crippen LogP contribution in [0.5, 0.6) is 0 Å². The molecule has 0 spiro atoms. The molecule has 0 saturated heterocycles. The summed E-state index contributed by atoms with van der Waals surface area (Å²) in [5.74, 6) is 0.171. The van der Waals surface area contributed by atoms with E-state index in [0.29, 0.717) is 0 Å². The number of anilines is 1. The molecule has 0 saturated carbocycles. The Morgan fingerprint density at radius 1 is 1.40 bits per heavy atom. The van der Waals surface area contributed by atoms with Crippen LogP contribution in [0.3, 0.4) is 0 Å². The first-order valence-electron chi connectivity index (χ1n) is 4.23. The maximum Gasteiger partial charge on any atom is 0.238 e. The smallest absolute Gasteiger partial charge is 0.238 e. The second kappa shape index (κ2) is 3.94. The number of nitrogens with one attached hydrogen (secondary N) is 1. The predicted molar refractivity (Wildman–Crippen MR) is 59.3 cm³/mol. The van der Waals surface area contributed by atoms with E-state index < -0.39 is 14.8 Å². The largest absolute Gasteiger partial charge is 0.267 e. The summed E-state index contributed by atoms with van der Waals surface area (Å²) in [5.41, 5.74) is 0. The van der Waals surface area contributed by atoms with Gasteiger partial charge in [-0.15, -0.1) is 0 Å². The lowest BCUT2D eigenvalue weighted by atomic mass is 10.3. The Kier molecular flexibility index (Phi) is 3.20. The molecule has 1 aromatic heterocycles. The fraction of sp³-hybridized carbons (Fsp3) is 0.500. The monoisotopic (exact) mass is 249 g/mol. The van der Waals surface area contributed by atoms with E-state index in [9.17, 15) is 8.42 Å². The van der Waals surface area contributed by atoms with Gasteiger partial charge in [-0.05, 0) is 38.4 Å². The number of aromatic nitrogens is 2. The van der Waals surface area contributed by atoms with Gasteiger partial charge in [0.05, 0.1) is 4.75 Å². The van der Waals surface area contributed by atoms with Crippen molar-refractivity contribution in [2.45, 2.75) is 25.5 Å². The van der Waals surface area contributed by atoms with Gasteiger partial charge in [0.25, 0.3) is 0 Å². The summed E-state index contributed by atoms with van der Waals surface area (Å²) < 4.78 is 24.9. The van der Waals surface area contributed by atoms with Crippen molar-refractivity contribution in [3.63, 3.8) is 0 Å². The highest BCUT2D eigenvalue weighted by Crippen LogP contribution is 2.18. The van der Waals surface area contributed by atoms with E-state index in [1.807, 2.05) is 0 Å². The minimum atomic E-state index is -3.47. The number of hydrogen-bond donors (Lipinski definition) is 1. The van der Waals surface area contributed by atoms with Gasteiger partial charge < -0.3 is 0 Å². The van der Waals surface area contributed by atoms with Gasteiger partial charge in [-0.3, -0.25) is 4.72 Å². The molecule has 1 rings (SSSR count). The van der Waals surface area contributed by atoms with Crippen LogP contribution < -0.4 is 4.72 Å². The van der Waals surface area contributed by atoms with Crippen LogP contribution in [0.4, 0.5) is 5.82 Å². The normalized spacial score (nSPS) is 12.5. The minimum absolute atomic E-state index is 0.00380. The highest BCUT2D eigenvalue weighted by atomic mass is 35.5. The molecule has 0 aliphatic rings. The van der Waals surface area contributed by atoms with Crippen LogP contribution in [-0.2, 0) is 10.0 Å². The van der Waals surface area contributed by atoms with Crippen molar-refractivity contribution < 1.29 is 8.42 Å². The van der Waals surface area contributed by atoms with E-state index >= 15 is 0 Å². The maximum absolute atomic E-state index is 11.7. The molecule has 0 amide bonds. The first-order valence-corrected chi connectivity index (χ1v) is 6.09. The average molecular weight is 250 g/mol. The molecule has 84 valence electrons. The zero-order chi connectivity index (χ0) is 11.7. The van der Waals surface area contributed by atoms with E-state index in [2.05, 4.69) is 14.7 Å². The first kappa shape index (κ1) is 12.2. The number of rotatable bonds is 2.